The minimum Gasteiger partial charge on any atom is -0.383 e. The monoisotopic (exact) mass is 428 g/mol. The van der Waals surface area contributed by atoms with Crippen molar-refractivity contribution in [1.29, 1.82) is 0 Å². The first kappa shape index (κ1) is 21.1. The fraction of sp³-hybridized carbons (Fsp3) is 0.200. The Kier molecular flexibility index (Phi) is 6.53. The van der Waals surface area contributed by atoms with Gasteiger partial charge in [0.25, 0.3) is 5.56 Å². The molecule has 3 aromatic rings. The molecule has 4 N–H and O–H groups in total. The summed E-state index contributed by atoms with van der Waals surface area (Å²) in [7, 11) is 0. The third kappa shape index (κ3) is 4.69. The molecule has 2 heterocycles. The summed E-state index contributed by atoms with van der Waals surface area (Å²) in [6.45, 7) is 2.10. The molecule has 0 aliphatic rings. The quantitative estimate of drug-likeness (QED) is 0.491. The van der Waals surface area contributed by atoms with Crippen LogP contribution in [0.15, 0.2) is 58.3 Å². The average molecular weight is 429 g/mol. The maximum atomic E-state index is 12.5. The number of pyridine rings is 1. The van der Waals surface area contributed by atoms with Gasteiger partial charge >= 0.3 is 5.69 Å². The van der Waals surface area contributed by atoms with E-state index >= 15 is 0 Å². The van der Waals surface area contributed by atoms with Crippen LogP contribution >= 0.6 is 11.6 Å². The molecule has 1 amide bonds. The van der Waals surface area contributed by atoms with Crippen LogP contribution in [0.1, 0.15) is 12.5 Å². The van der Waals surface area contributed by atoms with E-state index in [9.17, 15) is 14.4 Å². The normalized spacial score (nSPS) is 10.6. The van der Waals surface area contributed by atoms with Crippen LogP contribution in [0.3, 0.4) is 0 Å². The lowest BCUT2D eigenvalue weighted by Gasteiger charge is -2.24. The molecule has 9 nitrogen and oxygen atoms in total. The van der Waals surface area contributed by atoms with Crippen LogP contribution in [0.4, 0.5) is 17.2 Å². The van der Waals surface area contributed by atoms with Crippen molar-refractivity contribution in [3.63, 3.8) is 0 Å². The molecule has 3 rings (SSSR count). The van der Waals surface area contributed by atoms with Crippen molar-refractivity contribution in [1.82, 2.24) is 14.5 Å². The fourth-order valence-electron chi connectivity index (χ4n) is 3.00. The molecule has 0 fully saturated rings. The highest BCUT2D eigenvalue weighted by atomic mass is 35.5. The van der Waals surface area contributed by atoms with E-state index in [1.54, 1.807) is 19.1 Å². The zero-order valence-electron chi connectivity index (χ0n) is 16.3. The van der Waals surface area contributed by atoms with Gasteiger partial charge in [0, 0.05) is 12.7 Å². The number of nitrogens with two attached hydrogens (primary N) is 1. The van der Waals surface area contributed by atoms with Gasteiger partial charge in [0.15, 0.2) is 5.15 Å². The van der Waals surface area contributed by atoms with Crippen LogP contribution in [-0.4, -0.2) is 33.5 Å². The van der Waals surface area contributed by atoms with Gasteiger partial charge in [0.05, 0.1) is 18.8 Å². The first-order valence-corrected chi connectivity index (χ1v) is 9.60. The van der Waals surface area contributed by atoms with Gasteiger partial charge < -0.3 is 16.0 Å². The van der Waals surface area contributed by atoms with Gasteiger partial charge in [0.1, 0.15) is 11.5 Å². The van der Waals surface area contributed by atoms with Crippen LogP contribution in [0, 0.1) is 0 Å². The molecule has 0 radical (unpaired) electrons. The topological polar surface area (TPSA) is 126 Å². The number of hydrogen-bond acceptors (Lipinski definition) is 6. The summed E-state index contributed by atoms with van der Waals surface area (Å²) in [6.07, 6.45) is 1.51. The van der Waals surface area contributed by atoms with Crippen molar-refractivity contribution in [2.24, 2.45) is 0 Å². The van der Waals surface area contributed by atoms with E-state index in [1.165, 1.54) is 15.7 Å². The smallest absolute Gasteiger partial charge is 0.330 e. The number of anilines is 3. The second-order valence-electron chi connectivity index (χ2n) is 6.47. The molecule has 0 saturated carbocycles. The Hall–Kier alpha value is -3.59. The predicted molar refractivity (Wildman–Crippen MR) is 117 cm³/mol. The highest BCUT2D eigenvalue weighted by Gasteiger charge is 2.20. The van der Waals surface area contributed by atoms with E-state index in [0.29, 0.717) is 12.2 Å². The second-order valence-corrected chi connectivity index (χ2v) is 6.83. The van der Waals surface area contributed by atoms with Gasteiger partial charge in [-0.2, -0.15) is 0 Å². The van der Waals surface area contributed by atoms with Gasteiger partial charge in [-0.15, -0.1) is 0 Å². The molecule has 30 heavy (non-hydrogen) atoms. The van der Waals surface area contributed by atoms with Crippen LogP contribution in [-0.2, 0) is 11.3 Å². The third-order valence-corrected chi connectivity index (χ3v) is 4.76. The van der Waals surface area contributed by atoms with Crippen LogP contribution < -0.4 is 27.2 Å². The van der Waals surface area contributed by atoms with E-state index in [0.717, 1.165) is 5.56 Å². The van der Waals surface area contributed by atoms with E-state index in [1.807, 2.05) is 30.3 Å². The molecule has 0 unspecified atom stereocenters. The van der Waals surface area contributed by atoms with Gasteiger partial charge in [-0.25, -0.2) is 9.78 Å². The average Bonchev–Trinajstić information content (AvgIpc) is 2.72. The molecular formula is C20H21ClN6O3. The lowest BCUT2D eigenvalue weighted by atomic mass is 10.2. The summed E-state index contributed by atoms with van der Waals surface area (Å²) in [5.74, 6) is -0.423. The number of carbonyl (C=O) groups is 1. The van der Waals surface area contributed by atoms with Crippen LogP contribution in [0.2, 0.25) is 5.15 Å². The van der Waals surface area contributed by atoms with E-state index in [2.05, 4.69) is 15.3 Å². The number of nitrogen functional groups attached to an aromatic ring is 1. The lowest BCUT2D eigenvalue weighted by molar-refractivity contribution is -0.115. The summed E-state index contributed by atoms with van der Waals surface area (Å²) in [5, 5.41) is 2.81. The van der Waals surface area contributed by atoms with Crippen molar-refractivity contribution in [2.45, 2.75) is 13.5 Å². The number of nitrogens with one attached hydrogen (secondary N) is 2. The Labute approximate surface area is 177 Å². The maximum absolute atomic E-state index is 12.5. The Bertz CT molecular complexity index is 1160. The minimum atomic E-state index is -0.657. The zero-order chi connectivity index (χ0) is 21.7. The lowest BCUT2D eigenvalue weighted by Crippen LogP contribution is -2.41. The molecule has 156 valence electrons. The van der Waals surface area contributed by atoms with Gasteiger partial charge in [-0.3, -0.25) is 19.1 Å². The first-order chi connectivity index (χ1) is 14.4. The zero-order valence-corrected chi connectivity index (χ0v) is 17.0. The summed E-state index contributed by atoms with van der Waals surface area (Å²) in [6, 6.07) is 12.5. The van der Waals surface area contributed by atoms with Crippen molar-refractivity contribution >= 4 is 34.7 Å². The van der Waals surface area contributed by atoms with Crippen LogP contribution in [0.25, 0.3) is 0 Å². The number of hydrogen-bond donors (Lipinski definition) is 3. The van der Waals surface area contributed by atoms with Gasteiger partial charge in [0.2, 0.25) is 5.91 Å². The Balaban J connectivity index is 1.89. The molecule has 0 aliphatic carbocycles. The Morgan fingerprint density at radius 3 is 2.63 bits per heavy atom. The molecule has 10 heteroatoms. The number of aromatic nitrogens is 3. The summed E-state index contributed by atoms with van der Waals surface area (Å²) < 4.78 is 1.27. The van der Waals surface area contributed by atoms with Crippen molar-refractivity contribution in [3.8, 4) is 0 Å². The summed E-state index contributed by atoms with van der Waals surface area (Å²) in [4.78, 5) is 45.0. The number of halogens is 1. The van der Waals surface area contributed by atoms with Crippen molar-refractivity contribution in [2.75, 3.05) is 29.0 Å². The molecule has 0 bridgehead atoms. The van der Waals surface area contributed by atoms with E-state index in [-0.39, 0.29) is 29.7 Å². The van der Waals surface area contributed by atoms with Gasteiger partial charge in [-0.1, -0.05) is 41.9 Å². The minimum absolute atomic E-state index is 0.0123. The molecule has 0 spiro atoms. The fourth-order valence-corrected chi connectivity index (χ4v) is 3.16. The number of H-pyrrole nitrogens is 1. The molecule has 2 aromatic heterocycles. The Morgan fingerprint density at radius 1 is 1.23 bits per heavy atom. The summed E-state index contributed by atoms with van der Waals surface area (Å²) in [5.41, 5.74) is 6.18. The number of likely N-dealkylation sites (N-methyl/N-ethyl adjacent to an activating group) is 1. The van der Waals surface area contributed by atoms with E-state index < -0.39 is 17.2 Å². The highest BCUT2D eigenvalue weighted by Crippen LogP contribution is 2.19. The van der Waals surface area contributed by atoms with Crippen LogP contribution in [0.5, 0.6) is 0 Å². The number of carbonyl (C=O) groups excluding carboxylic acids is 1. The summed E-state index contributed by atoms with van der Waals surface area (Å²) >= 11 is 5.97. The number of rotatable bonds is 7. The van der Waals surface area contributed by atoms with Gasteiger partial charge in [-0.05, 0) is 24.6 Å². The van der Waals surface area contributed by atoms with E-state index in [4.69, 9.17) is 17.3 Å². The number of amides is 1. The molecule has 1 aromatic carbocycles. The molecule has 0 aliphatic heterocycles. The highest BCUT2D eigenvalue weighted by molar-refractivity contribution is 6.32. The first-order valence-electron chi connectivity index (χ1n) is 9.22. The standard InChI is InChI=1S/C20H21ClN6O3/c1-2-26(12-15(28)24-14-9-6-10-23-17(14)21)16-18(22)27(20(30)25-19(16)29)11-13-7-4-3-5-8-13/h3-10H,2,11-12,22H2,1H3,(H,24,28)(H,25,29,30). The predicted octanol–water partition coefficient (Wildman–Crippen LogP) is 1.68. The molecular weight excluding hydrogens is 408 g/mol. The second kappa shape index (κ2) is 9.27. The van der Waals surface area contributed by atoms with Crippen molar-refractivity contribution < 1.29 is 4.79 Å². The van der Waals surface area contributed by atoms with Crippen molar-refractivity contribution in [3.05, 3.63) is 80.2 Å². The maximum Gasteiger partial charge on any atom is 0.330 e. The number of aromatic amines is 1. The number of benzene rings is 1. The molecule has 0 atom stereocenters. The Morgan fingerprint density at radius 2 is 1.97 bits per heavy atom. The number of nitrogens with zero attached hydrogens (tertiary/aromatic N) is 3. The SMILES string of the molecule is CCN(CC(=O)Nc1cccnc1Cl)c1c(N)n(Cc2ccccc2)c(=O)[nH]c1=O. The third-order valence-electron chi connectivity index (χ3n) is 4.46. The molecule has 0 saturated heterocycles. The largest absolute Gasteiger partial charge is 0.383 e.